The molecule has 0 saturated heterocycles. The monoisotopic (exact) mass is 469 g/mol. The Kier molecular flexibility index (Phi) is 6.76. The van der Waals surface area contributed by atoms with Crippen LogP contribution in [0.2, 0.25) is 5.02 Å². The number of thiazole rings is 1. The molecule has 9 heteroatoms. The molecule has 0 fully saturated rings. The molecule has 0 saturated carbocycles. The smallest absolute Gasteiger partial charge is 0.271 e. The number of anilines is 1. The van der Waals surface area contributed by atoms with Crippen LogP contribution in [0.4, 0.5) is 9.52 Å². The number of carbonyl (C=O) groups excluding carboxylic acids is 1. The molecule has 152 valence electrons. The number of rotatable bonds is 5. The number of thiophene rings is 1. The number of fused-ring (bicyclic) bond motifs is 2. The van der Waals surface area contributed by atoms with Crippen molar-refractivity contribution in [2.24, 2.45) is 0 Å². The van der Waals surface area contributed by atoms with Crippen molar-refractivity contribution >= 4 is 78.0 Å². The molecule has 0 bridgehead atoms. The Morgan fingerprint density at radius 1 is 1.07 bits per heavy atom. The minimum Gasteiger partial charge on any atom is -0.308 e. The van der Waals surface area contributed by atoms with Crippen molar-refractivity contribution in [1.29, 1.82) is 0 Å². The van der Waals surface area contributed by atoms with Gasteiger partial charge < -0.3 is 4.90 Å². The van der Waals surface area contributed by atoms with Crippen molar-refractivity contribution < 1.29 is 9.18 Å². The molecule has 0 aliphatic rings. The average molecular weight is 470 g/mol. The van der Waals surface area contributed by atoms with E-state index in [1.807, 2.05) is 43.3 Å². The molecule has 29 heavy (non-hydrogen) atoms. The van der Waals surface area contributed by atoms with E-state index in [9.17, 15) is 9.18 Å². The van der Waals surface area contributed by atoms with Gasteiger partial charge in [-0.25, -0.2) is 9.37 Å². The predicted molar refractivity (Wildman–Crippen MR) is 124 cm³/mol. The highest BCUT2D eigenvalue weighted by molar-refractivity contribution is 7.23. The number of amides is 1. The third kappa shape index (κ3) is 4.25. The number of aromatic nitrogens is 1. The molecule has 0 radical (unpaired) electrons. The number of halogens is 3. The second-order valence-electron chi connectivity index (χ2n) is 6.58. The van der Waals surface area contributed by atoms with Crippen LogP contribution in [0.15, 0.2) is 42.5 Å². The van der Waals surface area contributed by atoms with Gasteiger partial charge in [0.25, 0.3) is 5.91 Å². The van der Waals surface area contributed by atoms with Gasteiger partial charge in [0.05, 0.1) is 9.72 Å². The zero-order chi connectivity index (χ0) is 19.8. The van der Waals surface area contributed by atoms with Crippen molar-refractivity contribution in [2.75, 3.05) is 32.1 Å². The van der Waals surface area contributed by atoms with Gasteiger partial charge in [-0.2, -0.15) is 0 Å². The van der Waals surface area contributed by atoms with Crippen molar-refractivity contribution in [3.63, 3.8) is 0 Å². The Hall–Kier alpha value is -1.77. The predicted octanol–water partition coefficient (Wildman–Crippen LogP) is 5.93. The lowest BCUT2D eigenvalue weighted by atomic mass is 10.2. The molecule has 4 aromatic rings. The molecule has 0 aliphatic carbocycles. The van der Waals surface area contributed by atoms with E-state index in [0.29, 0.717) is 32.8 Å². The Morgan fingerprint density at radius 3 is 2.48 bits per heavy atom. The van der Waals surface area contributed by atoms with Gasteiger partial charge in [0.15, 0.2) is 5.13 Å². The third-order valence-electron chi connectivity index (χ3n) is 4.33. The van der Waals surface area contributed by atoms with Crippen LogP contribution in [0.25, 0.3) is 20.3 Å². The number of hydrogen-bond donors (Lipinski definition) is 0. The highest BCUT2D eigenvalue weighted by Crippen LogP contribution is 2.38. The Balaban J connectivity index is 0.00000240. The number of nitrogens with zero attached hydrogens (tertiary/aromatic N) is 3. The largest absolute Gasteiger partial charge is 0.308 e. The molecular formula is C20H18Cl2FN3OS2. The topological polar surface area (TPSA) is 36.4 Å². The van der Waals surface area contributed by atoms with Gasteiger partial charge in [-0.3, -0.25) is 9.69 Å². The van der Waals surface area contributed by atoms with Crippen LogP contribution in [0.3, 0.4) is 0 Å². The fourth-order valence-corrected chi connectivity index (χ4v) is 5.34. The van der Waals surface area contributed by atoms with E-state index < -0.39 is 0 Å². The summed E-state index contributed by atoms with van der Waals surface area (Å²) in [4.78, 5) is 21.9. The maximum absolute atomic E-state index is 14.1. The highest BCUT2D eigenvalue weighted by Gasteiger charge is 2.26. The molecule has 2 aromatic carbocycles. The molecule has 4 rings (SSSR count). The van der Waals surface area contributed by atoms with E-state index in [0.717, 1.165) is 10.1 Å². The normalized spacial score (nSPS) is 11.2. The van der Waals surface area contributed by atoms with Crippen LogP contribution in [0.1, 0.15) is 9.67 Å². The number of hydrogen-bond acceptors (Lipinski definition) is 5. The summed E-state index contributed by atoms with van der Waals surface area (Å²) in [5.41, 5.74) is 0.285. The summed E-state index contributed by atoms with van der Waals surface area (Å²) < 4.78 is 15.8. The average Bonchev–Trinajstić information content (AvgIpc) is 3.24. The first kappa shape index (κ1) is 21.9. The number of para-hydroxylation sites is 1. The molecule has 0 spiro atoms. The van der Waals surface area contributed by atoms with E-state index >= 15 is 0 Å². The van der Waals surface area contributed by atoms with Gasteiger partial charge in [0.1, 0.15) is 16.2 Å². The van der Waals surface area contributed by atoms with E-state index in [2.05, 4.69) is 4.98 Å². The van der Waals surface area contributed by atoms with Crippen LogP contribution < -0.4 is 4.90 Å². The maximum Gasteiger partial charge on any atom is 0.271 e. The minimum absolute atomic E-state index is 0. The lowest BCUT2D eigenvalue weighted by Gasteiger charge is -2.21. The van der Waals surface area contributed by atoms with Gasteiger partial charge in [0.2, 0.25) is 0 Å². The molecule has 2 heterocycles. The summed E-state index contributed by atoms with van der Waals surface area (Å²) in [6, 6.07) is 12.5. The molecule has 1 amide bonds. The molecule has 4 nitrogen and oxygen atoms in total. The van der Waals surface area contributed by atoms with Crippen LogP contribution in [-0.4, -0.2) is 43.0 Å². The summed E-state index contributed by atoms with van der Waals surface area (Å²) in [5, 5.41) is 1.79. The third-order valence-corrected chi connectivity index (χ3v) is 7.04. The minimum atomic E-state index is -0.389. The lowest BCUT2D eigenvalue weighted by Crippen LogP contribution is -2.36. The summed E-state index contributed by atoms with van der Waals surface area (Å²) in [6.07, 6.45) is 0. The van der Waals surface area contributed by atoms with Crippen molar-refractivity contribution in [3.05, 3.63) is 58.2 Å². The fourth-order valence-electron chi connectivity index (χ4n) is 2.88. The van der Waals surface area contributed by atoms with Gasteiger partial charge in [-0.05, 0) is 32.3 Å². The molecule has 2 aromatic heterocycles. The molecule has 0 N–H and O–H groups in total. The van der Waals surface area contributed by atoms with E-state index in [-0.39, 0.29) is 29.6 Å². The standard InChI is InChI=1S/C20H17ClFN3OS2.ClH/c1-24(2)10-11-25(20-23-17-13(22)7-5-9-15(17)28-20)19(26)18-16(21)12-6-3-4-8-14(12)27-18;/h3-9H,10-11H2,1-2H3;1H. The molecule has 0 atom stereocenters. The van der Waals surface area contributed by atoms with E-state index in [4.69, 9.17) is 11.6 Å². The van der Waals surface area contributed by atoms with Gasteiger partial charge in [-0.1, -0.05) is 47.2 Å². The van der Waals surface area contributed by atoms with Crippen molar-refractivity contribution in [3.8, 4) is 0 Å². The van der Waals surface area contributed by atoms with Gasteiger partial charge in [0, 0.05) is 23.2 Å². The quantitative estimate of drug-likeness (QED) is 0.363. The summed E-state index contributed by atoms with van der Waals surface area (Å²) in [6.45, 7) is 1.07. The van der Waals surface area contributed by atoms with Crippen LogP contribution in [-0.2, 0) is 0 Å². The Labute approximate surface area is 186 Å². The fraction of sp³-hybridized carbons (Fsp3) is 0.200. The van der Waals surface area contributed by atoms with E-state index in [1.54, 1.807) is 17.0 Å². The molecular weight excluding hydrogens is 452 g/mol. The molecule has 0 unspecified atom stereocenters. The number of carbonyl (C=O) groups is 1. The maximum atomic E-state index is 14.1. The Morgan fingerprint density at radius 2 is 1.79 bits per heavy atom. The first-order chi connectivity index (χ1) is 13.5. The first-order valence-electron chi connectivity index (χ1n) is 8.64. The number of benzene rings is 2. The lowest BCUT2D eigenvalue weighted by molar-refractivity contribution is 0.0989. The summed E-state index contributed by atoms with van der Waals surface area (Å²) in [7, 11) is 3.88. The SMILES string of the molecule is CN(C)CCN(C(=O)c1sc2ccccc2c1Cl)c1nc2c(F)cccc2s1.Cl. The van der Waals surface area contributed by atoms with Gasteiger partial charge in [-0.15, -0.1) is 23.7 Å². The zero-order valence-electron chi connectivity index (χ0n) is 15.7. The second-order valence-corrected chi connectivity index (χ2v) is 9.02. The highest BCUT2D eigenvalue weighted by atomic mass is 35.5. The van der Waals surface area contributed by atoms with E-state index in [1.165, 1.54) is 28.7 Å². The first-order valence-corrected chi connectivity index (χ1v) is 10.7. The Bertz CT molecular complexity index is 1180. The van der Waals surface area contributed by atoms with Crippen LogP contribution in [0.5, 0.6) is 0 Å². The molecule has 0 aliphatic heterocycles. The van der Waals surface area contributed by atoms with Crippen molar-refractivity contribution in [1.82, 2.24) is 9.88 Å². The number of likely N-dealkylation sites (N-methyl/N-ethyl adjacent to an activating group) is 1. The van der Waals surface area contributed by atoms with Crippen LogP contribution in [0, 0.1) is 5.82 Å². The second kappa shape index (κ2) is 8.93. The van der Waals surface area contributed by atoms with Gasteiger partial charge >= 0.3 is 0 Å². The van der Waals surface area contributed by atoms with Crippen molar-refractivity contribution in [2.45, 2.75) is 0 Å². The summed E-state index contributed by atoms with van der Waals surface area (Å²) >= 11 is 9.19. The zero-order valence-corrected chi connectivity index (χ0v) is 18.9. The summed E-state index contributed by atoms with van der Waals surface area (Å²) in [5.74, 6) is -0.604. The van der Waals surface area contributed by atoms with Crippen LogP contribution >= 0.6 is 46.7 Å².